The Balaban J connectivity index is 2.63. The zero-order chi connectivity index (χ0) is 11.9. The average Bonchev–Trinajstić information content (AvgIpc) is 2.22. The standard InChI is InChI=1S/C12H15BrO3/c1-7-8(12(2,3)14)6-9(13)11-10(7)15-4-5-16-11/h6,14H,4-5H2,1-3H3. The van der Waals surface area contributed by atoms with E-state index < -0.39 is 5.60 Å². The second kappa shape index (κ2) is 3.93. The summed E-state index contributed by atoms with van der Waals surface area (Å²) in [6.45, 7) is 6.57. The lowest BCUT2D eigenvalue weighted by molar-refractivity contribution is 0.0767. The predicted octanol–water partition coefficient (Wildman–Crippen LogP) is 2.76. The Morgan fingerprint density at radius 3 is 2.38 bits per heavy atom. The monoisotopic (exact) mass is 286 g/mol. The van der Waals surface area contributed by atoms with Crippen LogP contribution in [-0.4, -0.2) is 18.3 Å². The molecule has 0 aliphatic carbocycles. The van der Waals surface area contributed by atoms with Gasteiger partial charge in [-0.05, 0) is 48.3 Å². The van der Waals surface area contributed by atoms with Crippen LogP contribution in [0.3, 0.4) is 0 Å². The number of halogens is 1. The van der Waals surface area contributed by atoms with E-state index in [2.05, 4.69) is 15.9 Å². The fraction of sp³-hybridized carbons (Fsp3) is 0.500. The number of hydrogen-bond donors (Lipinski definition) is 1. The summed E-state index contributed by atoms with van der Waals surface area (Å²) in [5.41, 5.74) is 0.900. The number of ether oxygens (including phenoxy) is 2. The van der Waals surface area contributed by atoms with Crippen LogP contribution in [0.15, 0.2) is 10.5 Å². The van der Waals surface area contributed by atoms with Gasteiger partial charge in [-0.15, -0.1) is 0 Å². The molecule has 0 unspecified atom stereocenters. The lowest BCUT2D eigenvalue weighted by Gasteiger charge is -2.27. The van der Waals surface area contributed by atoms with E-state index in [1.165, 1.54) is 0 Å². The maximum Gasteiger partial charge on any atom is 0.175 e. The molecule has 2 rings (SSSR count). The van der Waals surface area contributed by atoms with Gasteiger partial charge in [-0.3, -0.25) is 0 Å². The summed E-state index contributed by atoms with van der Waals surface area (Å²) in [4.78, 5) is 0. The van der Waals surface area contributed by atoms with Crippen LogP contribution >= 0.6 is 15.9 Å². The minimum Gasteiger partial charge on any atom is -0.486 e. The minimum atomic E-state index is -0.886. The molecule has 0 atom stereocenters. The van der Waals surface area contributed by atoms with Gasteiger partial charge in [-0.1, -0.05) is 0 Å². The molecule has 16 heavy (non-hydrogen) atoms. The van der Waals surface area contributed by atoms with Crippen LogP contribution in [-0.2, 0) is 5.60 Å². The van der Waals surface area contributed by atoms with Gasteiger partial charge in [0.05, 0.1) is 10.1 Å². The van der Waals surface area contributed by atoms with E-state index in [1.807, 2.05) is 13.0 Å². The lowest BCUT2D eigenvalue weighted by Crippen LogP contribution is -2.21. The summed E-state index contributed by atoms with van der Waals surface area (Å²) in [5.74, 6) is 1.47. The van der Waals surface area contributed by atoms with Crippen LogP contribution in [0.5, 0.6) is 11.5 Å². The highest BCUT2D eigenvalue weighted by atomic mass is 79.9. The molecule has 88 valence electrons. The quantitative estimate of drug-likeness (QED) is 0.863. The molecule has 0 aromatic heterocycles. The van der Waals surface area contributed by atoms with Gasteiger partial charge in [0.1, 0.15) is 13.2 Å². The van der Waals surface area contributed by atoms with E-state index >= 15 is 0 Å². The molecule has 0 fully saturated rings. The van der Waals surface area contributed by atoms with Crippen LogP contribution in [0.1, 0.15) is 25.0 Å². The van der Waals surface area contributed by atoms with Gasteiger partial charge >= 0.3 is 0 Å². The molecule has 1 aliphatic rings. The molecule has 1 aromatic carbocycles. The summed E-state index contributed by atoms with van der Waals surface area (Å²) in [5, 5.41) is 10.1. The fourth-order valence-electron chi connectivity index (χ4n) is 1.93. The zero-order valence-electron chi connectivity index (χ0n) is 9.63. The largest absolute Gasteiger partial charge is 0.486 e. The summed E-state index contributed by atoms with van der Waals surface area (Å²) < 4.78 is 12.0. The van der Waals surface area contributed by atoms with E-state index in [9.17, 15) is 5.11 Å². The van der Waals surface area contributed by atoms with Crippen LogP contribution in [0.25, 0.3) is 0 Å². The lowest BCUT2D eigenvalue weighted by atomic mass is 9.93. The van der Waals surface area contributed by atoms with Gasteiger partial charge in [0, 0.05) is 5.56 Å². The number of aliphatic hydroxyl groups is 1. The molecule has 0 bridgehead atoms. The highest BCUT2D eigenvalue weighted by Crippen LogP contribution is 2.44. The number of rotatable bonds is 1. The molecular formula is C12H15BrO3. The topological polar surface area (TPSA) is 38.7 Å². The summed E-state index contributed by atoms with van der Waals surface area (Å²) in [6.07, 6.45) is 0. The van der Waals surface area contributed by atoms with Crippen molar-refractivity contribution in [1.29, 1.82) is 0 Å². The molecule has 0 saturated carbocycles. The molecule has 0 radical (unpaired) electrons. The van der Waals surface area contributed by atoms with Gasteiger partial charge in [0.15, 0.2) is 11.5 Å². The Labute approximate surface area is 104 Å². The maximum atomic E-state index is 10.1. The first-order valence-electron chi connectivity index (χ1n) is 5.23. The molecule has 3 nitrogen and oxygen atoms in total. The number of fused-ring (bicyclic) bond motifs is 1. The van der Waals surface area contributed by atoms with Crippen molar-refractivity contribution in [1.82, 2.24) is 0 Å². The molecule has 0 saturated heterocycles. The van der Waals surface area contributed by atoms with E-state index in [-0.39, 0.29) is 0 Å². The van der Waals surface area contributed by atoms with Crippen LogP contribution in [0, 0.1) is 6.92 Å². The van der Waals surface area contributed by atoms with Gasteiger partial charge in [0.25, 0.3) is 0 Å². The number of benzene rings is 1. The van der Waals surface area contributed by atoms with Crippen molar-refractivity contribution < 1.29 is 14.6 Å². The van der Waals surface area contributed by atoms with Crippen molar-refractivity contribution >= 4 is 15.9 Å². The van der Waals surface area contributed by atoms with Gasteiger partial charge < -0.3 is 14.6 Å². The fourth-order valence-corrected chi connectivity index (χ4v) is 2.46. The Kier molecular flexibility index (Phi) is 2.88. The maximum absolute atomic E-state index is 10.1. The molecule has 1 aliphatic heterocycles. The van der Waals surface area contributed by atoms with Gasteiger partial charge in [-0.2, -0.15) is 0 Å². The first kappa shape index (κ1) is 11.7. The van der Waals surface area contributed by atoms with Crippen molar-refractivity contribution in [2.45, 2.75) is 26.4 Å². The molecule has 1 heterocycles. The van der Waals surface area contributed by atoms with Gasteiger partial charge in [0.2, 0.25) is 0 Å². The minimum absolute atomic E-state index is 0.551. The Morgan fingerprint density at radius 1 is 1.25 bits per heavy atom. The van der Waals surface area contributed by atoms with Crippen LogP contribution in [0.4, 0.5) is 0 Å². The van der Waals surface area contributed by atoms with Gasteiger partial charge in [-0.25, -0.2) is 0 Å². The second-order valence-corrected chi connectivity index (χ2v) is 5.30. The van der Waals surface area contributed by atoms with E-state index in [1.54, 1.807) is 13.8 Å². The van der Waals surface area contributed by atoms with Crippen molar-refractivity contribution in [3.8, 4) is 11.5 Å². The van der Waals surface area contributed by atoms with Crippen molar-refractivity contribution in [3.63, 3.8) is 0 Å². The normalized spacial score (nSPS) is 15.1. The SMILES string of the molecule is Cc1c(C(C)(C)O)cc(Br)c2c1OCCO2. The van der Waals surface area contributed by atoms with E-state index in [0.717, 1.165) is 27.1 Å². The van der Waals surface area contributed by atoms with E-state index in [0.29, 0.717) is 13.2 Å². The molecule has 1 aromatic rings. The third-order valence-electron chi connectivity index (χ3n) is 2.67. The summed E-state index contributed by atoms with van der Waals surface area (Å²) in [7, 11) is 0. The Morgan fingerprint density at radius 2 is 1.81 bits per heavy atom. The molecule has 0 spiro atoms. The van der Waals surface area contributed by atoms with Crippen LogP contribution < -0.4 is 9.47 Å². The summed E-state index contributed by atoms with van der Waals surface area (Å²) >= 11 is 3.44. The second-order valence-electron chi connectivity index (χ2n) is 4.45. The predicted molar refractivity (Wildman–Crippen MR) is 65.1 cm³/mol. The Bertz CT molecular complexity index is 421. The van der Waals surface area contributed by atoms with Crippen LogP contribution in [0.2, 0.25) is 0 Å². The molecule has 0 amide bonds. The smallest absolute Gasteiger partial charge is 0.175 e. The third-order valence-corrected chi connectivity index (χ3v) is 3.26. The first-order valence-corrected chi connectivity index (χ1v) is 6.02. The highest BCUT2D eigenvalue weighted by molar-refractivity contribution is 9.10. The first-order chi connectivity index (χ1) is 7.41. The van der Waals surface area contributed by atoms with Crippen molar-refractivity contribution in [2.75, 3.05) is 13.2 Å². The number of hydrogen-bond acceptors (Lipinski definition) is 3. The third kappa shape index (κ3) is 1.92. The highest BCUT2D eigenvalue weighted by Gasteiger charge is 2.26. The zero-order valence-corrected chi connectivity index (χ0v) is 11.2. The molecule has 1 N–H and O–H groups in total. The molecular weight excluding hydrogens is 272 g/mol. The Hall–Kier alpha value is -0.740. The summed E-state index contributed by atoms with van der Waals surface area (Å²) in [6, 6.07) is 1.89. The van der Waals surface area contributed by atoms with Crippen molar-refractivity contribution in [3.05, 3.63) is 21.7 Å². The average molecular weight is 287 g/mol. The van der Waals surface area contributed by atoms with E-state index in [4.69, 9.17) is 9.47 Å². The van der Waals surface area contributed by atoms with Crippen molar-refractivity contribution in [2.24, 2.45) is 0 Å². The molecule has 4 heteroatoms.